The van der Waals surface area contributed by atoms with Crippen molar-refractivity contribution in [1.82, 2.24) is 14.8 Å². The van der Waals surface area contributed by atoms with Crippen LogP contribution < -0.4 is 0 Å². The minimum absolute atomic E-state index is 0.199. The lowest BCUT2D eigenvalue weighted by Gasteiger charge is -2.21. The predicted octanol–water partition coefficient (Wildman–Crippen LogP) is 1.11. The number of nitrogens with zero attached hydrogens (tertiary/aromatic N) is 3. The van der Waals surface area contributed by atoms with Crippen LogP contribution in [0.4, 0.5) is 4.79 Å². The van der Waals surface area contributed by atoms with Gasteiger partial charge in [-0.25, -0.2) is 4.79 Å². The summed E-state index contributed by atoms with van der Waals surface area (Å²) in [4.78, 5) is 19.8. The molecular weight excluding hydrogens is 230 g/mol. The zero-order valence-electron chi connectivity index (χ0n) is 10.5. The molecule has 2 aliphatic heterocycles. The fourth-order valence-electron chi connectivity index (χ4n) is 2.79. The molecule has 18 heavy (non-hydrogen) atoms. The van der Waals surface area contributed by atoms with Crippen molar-refractivity contribution in [1.29, 1.82) is 0 Å². The molecule has 2 fully saturated rings. The van der Waals surface area contributed by atoms with Crippen LogP contribution in [0.3, 0.4) is 0 Å². The van der Waals surface area contributed by atoms with Gasteiger partial charge in [-0.2, -0.15) is 0 Å². The number of likely N-dealkylation sites (tertiary alicyclic amines) is 1. The largest absolute Gasteiger partial charge is 0.439 e. The standard InChI is InChI=1S/C13H17N3O2/c1-15-9-13(18-12(15)17)5-7-16(10-13)8-11-4-2-3-6-14-11/h2-4,6H,5,7-10H2,1H3. The zero-order valence-corrected chi connectivity index (χ0v) is 10.5. The van der Waals surface area contributed by atoms with E-state index in [-0.39, 0.29) is 11.7 Å². The lowest BCUT2D eigenvalue weighted by atomic mass is 10.0. The minimum Gasteiger partial charge on any atom is -0.439 e. The highest BCUT2D eigenvalue weighted by Gasteiger charge is 2.48. The molecule has 2 saturated heterocycles. The van der Waals surface area contributed by atoms with Gasteiger partial charge in [0.2, 0.25) is 0 Å². The van der Waals surface area contributed by atoms with Crippen molar-refractivity contribution in [2.24, 2.45) is 0 Å². The van der Waals surface area contributed by atoms with Crippen LogP contribution in [0.15, 0.2) is 24.4 Å². The maximum atomic E-state index is 11.5. The topological polar surface area (TPSA) is 45.7 Å². The van der Waals surface area contributed by atoms with Crippen LogP contribution in [0.1, 0.15) is 12.1 Å². The fraction of sp³-hybridized carbons (Fsp3) is 0.538. The van der Waals surface area contributed by atoms with Crippen LogP contribution in [0.5, 0.6) is 0 Å². The van der Waals surface area contributed by atoms with E-state index in [4.69, 9.17) is 4.74 Å². The molecule has 1 unspecified atom stereocenters. The van der Waals surface area contributed by atoms with Crippen molar-refractivity contribution in [2.75, 3.05) is 26.7 Å². The zero-order chi connectivity index (χ0) is 12.6. The minimum atomic E-state index is -0.291. The molecule has 1 atom stereocenters. The number of hydrogen-bond donors (Lipinski definition) is 0. The van der Waals surface area contributed by atoms with Gasteiger partial charge in [0.25, 0.3) is 0 Å². The summed E-state index contributed by atoms with van der Waals surface area (Å²) in [6, 6.07) is 5.94. The Morgan fingerprint density at radius 2 is 2.33 bits per heavy atom. The first-order chi connectivity index (χ1) is 8.67. The van der Waals surface area contributed by atoms with E-state index in [1.165, 1.54) is 0 Å². The van der Waals surface area contributed by atoms with E-state index in [1.54, 1.807) is 11.9 Å². The average Bonchev–Trinajstić information content (AvgIpc) is 2.85. The van der Waals surface area contributed by atoms with Gasteiger partial charge >= 0.3 is 6.09 Å². The van der Waals surface area contributed by atoms with E-state index in [2.05, 4.69) is 9.88 Å². The first-order valence-corrected chi connectivity index (χ1v) is 6.23. The molecule has 0 N–H and O–H groups in total. The third kappa shape index (κ3) is 2.06. The van der Waals surface area contributed by atoms with Crippen molar-refractivity contribution in [3.63, 3.8) is 0 Å². The van der Waals surface area contributed by atoms with Crippen molar-refractivity contribution >= 4 is 6.09 Å². The number of likely N-dealkylation sites (N-methyl/N-ethyl adjacent to an activating group) is 1. The number of hydrogen-bond acceptors (Lipinski definition) is 4. The molecule has 0 bridgehead atoms. The quantitative estimate of drug-likeness (QED) is 0.785. The lowest BCUT2D eigenvalue weighted by molar-refractivity contribution is 0.0626. The number of ether oxygens (including phenoxy) is 1. The van der Waals surface area contributed by atoms with Gasteiger partial charge in [0, 0.05) is 39.3 Å². The van der Waals surface area contributed by atoms with Gasteiger partial charge in [0.15, 0.2) is 0 Å². The molecule has 0 radical (unpaired) electrons. The van der Waals surface area contributed by atoms with Crippen molar-refractivity contribution in [3.8, 4) is 0 Å². The van der Waals surface area contributed by atoms with Gasteiger partial charge in [0.1, 0.15) is 5.60 Å². The Bertz CT molecular complexity index is 451. The van der Waals surface area contributed by atoms with Crippen LogP contribution in [-0.4, -0.2) is 53.2 Å². The summed E-state index contributed by atoms with van der Waals surface area (Å²) >= 11 is 0. The molecule has 5 nitrogen and oxygen atoms in total. The molecular formula is C13H17N3O2. The number of pyridine rings is 1. The van der Waals surface area contributed by atoms with E-state index in [9.17, 15) is 4.79 Å². The van der Waals surface area contributed by atoms with E-state index in [0.29, 0.717) is 6.54 Å². The highest BCUT2D eigenvalue weighted by atomic mass is 16.6. The lowest BCUT2D eigenvalue weighted by Crippen LogP contribution is -2.37. The highest BCUT2D eigenvalue weighted by Crippen LogP contribution is 2.32. The summed E-state index contributed by atoms with van der Waals surface area (Å²) in [6.07, 6.45) is 2.52. The Labute approximate surface area is 106 Å². The molecule has 1 aromatic heterocycles. The molecule has 3 rings (SSSR count). The number of carbonyl (C=O) groups is 1. The first kappa shape index (κ1) is 11.5. The van der Waals surface area contributed by atoms with E-state index in [1.807, 2.05) is 24.4 Å². The molecule has 0 aliphatic carbocycles. The molecule has 2 aliphatic rings. The van der Waals surface area contributed by atoms with Crippen molar-refractivity contribution in [2.45, 2.75) is 18.6 Å². The smallest absolute Gasteiger partial charge is 0.410 e. The fourth-order valence-corrected chi connectivity index (χ4v) is 2.79. The molecule has 1 aromatic rings. The van der Waals surface area contributed by atoms with Crippen LogP contribution in [0, 0.1) is 0 Å². The van der Waals surface area contributed by atoms with Crippen LogP contribution in [0.2, 0.25) is 0 Å². The van der Waals surface area contributed by atoms with E-state index in [0.717, 1.165) is 31.7 Å². The summed E-state index contributed by atoms with van der Waals surface area (Å²) in [5.74, 6) is 0. The summed E-state index contributed by atoms with van der Waals surface area (Å²) in [5, 5.41) is 0. The average molecular weight is 247 g/mol. The molecule has 0 aromatic carbocycles. The second-order valence-corrected chi connectivity index (χ2v) is 5.19. The Morgan fingerprint density at radius 1 is 1.44 bits per heavy atom. The number of amides is 1. The van der Waals surface area contributed by atoms with Gasteiger partial charge in [0.05, 0.1) is 12.2 Å². The Morgan fingerprint density at radius 3 is 3.00 bits per heavy atom. The Balaban J connectivity index is 1.64. The Kier molecular flexibility index (Phi) is 2.70. The van der Waals surface area contributed by atoms with E-state index < -0.39 is 0 Å². The predicted molar refractivity (Wildman–Crippen MR) is 66.0 cm³/mol. The summed E-state index contributed by atoms with van der Waals surface area (Å²) in [5.41, 5.74) is 0.771. The van der Waals surface area contributed by atoms with Crippen LogP contribution >= 0.6 is 0 Å². The molecule has 1 amide bonds. The highest BCUT2D eigenvalue weighted by molar-refractivity contribution is 5.70. The molecule has 0 saturated carbocycles. The first-order valence-electron chi connectivity index (χ1n) is 6.23. The second kappa shape index (κ2) is 4.24. The van der Waals surface area contributed by atoms with Crippen molar-refractivity contribution < 1.29 is 9.53 Å². The number of rotatable bonds is 2. The van der Waals surface area contributed by atoms with Gasteiger partial charge < -0.3 is 9.64 Å². The van der Waals surface area contributed by atoms with Gasteiger partial charge in [-0.05, 0) is 12.1 Å². The normalized spacial score (nSPS) is 28.1. The third-order valence-electron chi connectivity index (χ3n) is 3.65. The summed E-state index contributed by atoms with van der Waals surface area (Å²) < 4.78 is 5.51. The van der Waals surface area contributed by atoms with Crippen LogP contribution in [0.25, 0.3) is 0 Å². The molecule has 1 spiro atoms. The monoisotopic (exact) mass is 247 g/mol. The van der Waals surface area contributed by atoms with Gasteiger partial charge in [-0.15, -0.1) is 0 Å². The second-order valence-electron chi connectivity index (χ2n) is 5.19. The molecule has 96 valence electrons. The summed E-state index contributed by atoms with van der Waals surface area (Å²) in [6.45, 7) is 3.28. The van der Waals surface area contributed by atoms with E-state index >= 15 is 0 Å². The van der Waals surface area contributed by atoms with Crippen LogP contribution in [-0.2, 0) is 11.3 Å². The van der Waals surface area contributed by atoms with Gasteiger partial charge in [-0.3, -0.25) is 9.88 Å². The van der Waals surface area contributed by atoms with Gasteiger partial charge in [-0.1, -0.05) is 6.07 Å². The third-order valence-corrected chi connectivity index (χ3v) is 3.65. The maximum absolute atomic E-state index is 11.5. The molecule has 5 heteroatoms. The van der Waals surface area contributed by atoms with Crippen molar-refractivity contribution in [3.05, 3.63) is 30.1 Å². The molecule has 3 heterocycles. The Hall–Kier alpha value is -1.62. The summed E-state index contributed by atoms with van der Waals surface area (Å²) in [7, 11) is 1.79. The number of carbonyl (C=O) groups excluding carboxylic acids is 1. The SMILES string of the molecule is CN1CC2(CCN(Cc3ccccn3)C2)OC1=O. The maximum Gasteiger partial charge on any atom is 0.410 e. The number of aromatic nitrogens is 1.